The summed E-state index contributed by atoms with van der Waals surface area (Å²) in [6.45, 7) is 1.98. The van der Waals surface area contributed by atoms with E-state index in [0.717, 1.165) is 16.9 Å². The molecular formula is C19H17ClN2O4. The predicted molar refractivity (Wildman–Crippen MR) is 99.9 cm³/mol. The number of hydrogen-bond acceptors (Lipinski definition) is 5. The second-order valence-corrected chi connectivity index (χ2v) is 5.89. The van der Waals surface area contributed by atoms with Gasteiger partial charge in [0, 0.05) is 11.2 Å². The van der Waals surface area contributed by atoms with E-state index in [0.29, 0.717) is 16.5 Å². The largest absolute Gasteiger partial charge is 0.484 e. The summed E-state index contributed by atoms with van der Waals surface area (Å²) in [6.07, 6.45) is 5.03. The number of amides is 1. The molecule has 1 amide bonds. The fraction of sp³-hybridized carbons (Fsp3) is 0.158. The van der Waals surface area contributed by atoms with E-state index in [1.165, 1.54) is 6.21 Å². The molecule has 1 aliphatic heterocycles. The second-order valence-electron chi connectivity index (χ2n) is 5.48. The normalized spacial score (nSPS) is 12.7. The zero-order valence-electron chi connectivity index (χ0n) is 14.1. The number of nitrogens with zero attached hydrogens (tertiary/aromatic N) is 1. The quantitative estimate of drug-likeness (QED) is 0.621. The number of fused-ring (bicyclic) bond motifs is 1. The van der Waals surface area contributed by atoms with Crippen molar-refractivity contribution in [2.45, 2.75) is 6.92 Å². The van der Waals surface area contributed by atoms with E-state index in [2.05, 4.69) is 10.5 Å². The predicted octanol–water partition coefficient (Wildman–Crippen LogP) is 3.57. The summed E-state index contributed by atoms with van der Waals surface area (Å²) in [7, 11) is 0. The van der Waals surface area contributed by atoms with Crippen molar-refractivity contribution < 1.29 is 19.0 Å². The van der Waals surface area contributed by atoms with Gasteiger partial charge in [-0.15, -0.1) is 0 Å². The number of rotatable bonds is 6. The average molecular weight is 373 g/mol. The highest BCUT2D eigenvalue weighted by molar-refractivity contribution is 6.31. The fourth-order valence-corrected chi connectivity index (χ4v) is 2.33. The van der Waals surface area contributed by atoms with Crippen LogP contribution in [0.4, 0.5) is 0 Å². The molecule has 1 heterocycles. The Hall–Kier alpha value is -2.99. The van der Waals surface area contributed by atoms with Crippen LogP contribution in [0.3, 0.4) is 0 Å². The van der Waals surface area contributed by atoms with Crippen LogP contribution in [0.2, 0.25) is 5.02 Å². The smallest absolute Gasteiger partial charge is 0.277 e. The third kappa shape index (κ3) is 4.77. The van der Waals surface area contributed by atoms with Crippen molar-refractivity contribution in [1.29, 1.82) is 0 Å². The summed E-state index contributed by atoms with van der Waals surface area (Å²) in [5.74, 6) is 1.67. The molecule has 26 heavy (non-hydrogen) atoms. The van der Waals surface area contributed by atoms with Gasteiger partial charge < -0.3 is 14.2 Å². The van der Waals surface area contributed by atoms with E-state index in [1.54, 1.807) is 24.3 Å². The number of aryl methyl sites for hydroxylation is 1. The molecule has 0 saturated heterocycles. The number of carbonyl (C=O) groups excluding carboxylic acids is 1. The topological polar surface area (TPSA) is 69.2 Å². The molecule has 6 nitrogen and oxygen atoms in total. The van der Waals surface area contributed by atoms with E-state index in [1.807, 2.05) is 31.2 Å². The molecule has 0 bridgehead atoms. The maximum absolute atomic E-state index is 11.7. The Morgan fingerprint density at radius 1 is 1.27 bits per heavy atom. The van der Waals surface area contributed by atoms with Crippen molar-refractivity contribution in [3.63, 3.8) is 0 Å². The molecule has 0 spiro atoms. The first-order chi connectivity index (χ1) is 12.6. The molecular weight excluding hydrogens is 356 g/mol. The van der Waals surface area contributed by atoms with E-state index < -0.39 is 0 Å². The first-order valence-corrected chi connectivity index (χ1v) is 8.27. The highest BCUT2D eigenvalue weighted by atomic mass is 35.5. The molecule has 2 aromatic carbocycles. The molecule has 2 aromatic rings. The van der Waals surface area contributed by atoms with Crippen molar-refractivity contribution in [2.75, 3.05) is 13.4 Å². The summed E-state index contributed by atoms with van der Waals surface area (Å²) in [4.78, 5) is 11.7. The van der Waals surface area contributed by atoms with Gasteiger partial charge in [-0.3, -0.25) is 4.79 Å². The molecule has 0 unspecified atom stereocenters. The van der Waals surface area contributed by atoms with Gasteiger partial charge in [0.25, 0.3) is 5.91 Å². The Morgan fingerprint density at radius 3 is 2.96 bits per heavy atom. The molecule has 0 saturated carbocycles. The lowest BCUT2D eigenvalue weighted by atomic mass is 10.2. The summed E-state index contributed by atoms with van der Waals surface area (Å²) in [5, 5.41) is 4.49. The summed E-state index contributed by atoms with van der Waals surface area (Å²) < 4.78 is 15.9. The molecule has 3 rings (SSSR count). The number of hydrogen-bond donors (Lipinski definition) is 1. The monoisotopic (exact) mass is 372 g/mol. The van der Waals surface area contributed by atoms with E-state index in [-0.39, 0.29) is 19.3 Å². The highest BCUT2D eigenvalue weighted by Crippen LogP contribution is 2.32. The van der Waals surface area contributed by atoms with Crippen LogP contribution < -0.4 is 19.6 Å². The van der Waals surface area contributed by atoms with Crippen LogP contribution >= 0.6 is 11.6 Å². The number of allylic oxidation sites excluding steroid dienone is 1. The Labute approximate surface area is 156 Å². The molecule has 134 valence electrons. The van der Waals surface area contributed by atoms with Crippen LogP contribution in [0.5, 0.6) is 17.2 Å². The fourth-order valence-electron chi connectivity index (χ4n) is 2.21. The van der Waals surface area contributed by atoms with E-state index in [4.69, 9.17) is 25.8 Å². The van der Waals surface area contributed by atoms with Gasteiger partial charge in [-0.25, -0.2) is 5.43 Å². The second kappa shape index (κ2) is 8.40. The molecule has 7 heteroatoms. The highest BCUT2D eigenvalue weighted by Gasteiger charge is 2.11. The van der Waals surface area contributed by atoms with Crippen LogP contribution in [0, 0.1) is 6.92 Å². The average Bonchev–Trinajstić information content (AvgIpc) is 3.10. The Balaban J connectivity index is 1.43. The molecule has 1 aliphatic rings. The van der Waals surface area contributed by atoms with Gasteiger partial charge in [-0.1, -0.05) is 23.7 Å². The molecule has 0 aromatic heterocycles. The summed E-state index contributed by atoms with van der Waals surface area (Å²) >= 11 is 5.94. The molecule has 0 atom stereocenters. The van der Waals surface area contributed by atoms with Crippen LogP contribution in [-0.4, -0.2) is 25.5 Å². The van der Waals surface area contributed by atoms with Crippen molar-refractivity contribution in [1.82, 2.24) is 5.43 Å². The SMILES string of the molecule is Cc1cc(OCC(=O)N/N=C/C=C/c2ccc3c(c2)OCO3)ccc1Cl. The number of benzene rings is 2. The number of hydrazone groups is 1. The number of ether oxygens (including phenoxy) is 3. The summed E-state index contributed by atoms with van der Waals surface area (Å²) in [6, 6.07) is 10.8. The first kappa shape index (κ1) is 17.8. The zero-order chi connectivity index (χ0) is 18.4. The minimum absolute atomic E-state index is 0.135. The van der Waals surface area contributed by atoms with Crippen LogP contribution in [0.25, 0.3) is 6.08 Å². The first-order valence-electron chi connectivity index (χ1n) is 7.89. The number of carbonyl (C=O) groups is 1. The zero-order valence-corrected chi connectivity index (χ0v) is 14.8. The lowest BCUT2D eigenvalue weighted by Crippen LogP contribution is -2.24. The van der Waals surface area contributed by atoms with Gasteiger partial charge in [0.2, 0.25) is 6.79 Å². The minimum Gasteiger partial charge on any atom is -0.484 e. The number of nitrogens with one attached hydrogen (secondary N) is 1. The Morgan fingerprint density at radius 2 is 2.12 bits per heavy atom. The lowest BCUT2D eigenvalue weighted by molar-refractivity contribution is -0.123. The standard InChI is InChI=1S/C19H17ClN2O4/c1-13-9-15(5-6-16(13)20)24-11-19(23)22-21-8-2-3-14-4-7-17-18(10-14)26-12-25-17/h2-10H,11-12H2,1H3,(H,22,23)/b3-2+,21-8+. The maximum Gasteiger partial charge on any atom is 0.277 e. The molecule has 0 radical (unpaired) electrons. The van der Waals surface area contributed by atoms with Crippen molar-refractivity contribution in [3.05, 3.63) is 58.6 Å². The van der Waals surface area contributed by atoms with Gasteiger partial charge in [0.05, 0.1) is 0 Å². The van der Waals surface area contributed by atoms with Gasteiger partial charge >= 0.3 is 0 Å². The van der Waals surface area contributed by atoms with Crippen LogP contribution in [0.1, 0.15) is 11.1 Å². The van der Waals surface area contributed by atoms with E-state index >= 15 is 0 Å². The van der Waals surface area contributed by atoms with Gasteiger partial charge in [0.1, 0.15) is 5.75 Å². The van der Waals surface area contributed by atoms with Gasteiger partial charge in [-0.05, 0) is 54.5 Å². The van der Waals surface area contributed by atoms with Gasteiger partial charge in [0.15, 0.2) is 18.1 Å². The minimum atomic E-state index is -0.356. The van der Waals surface area contributed by atoms with E-state index in [9.17, 15) is 4.79 Å². The molecule has 0 fully saturated rings. The third-order valence-corrected chi connectivity index (χ3v) is 3.96. The Kier molecular flexibility index (Phi) is 5.76. The van der Waals surface area contributed by atoms with Crippen molar-refractivity contribution in [3.8, 4) is 17.2 Å². The lowest BCUT2D eigenvalue weighted by Gasteiger charge is -2.06. The van der Waals surface area contributed by atoms with Crippen molar-refractivity contribution in [2.24, 2.45) is 5.10 Å². The summed E-state index contributed by atoms with van der Waals surface area (Å²) in [5.41, 5.74) is 4.21. The van der Waals surface area contributed by atoms with Gasteiger partial charge in [-0.2, -0.15) is 5.10 Å². The third-order valence-electron chi connectivity index (χ3n) is 3.53. The Bertz CT molecular complexity index is 865. The van der Waals surface area contributed by atoms with Crippen molar-refractivity contribution >= 4 is 29.8 Å². The molecule has 0 aliphatic carbocycles. The maximum atomic E-state index is 11.7. The number of halogens is 1. The molecule has 1 N–H and O–H groups in total. The van der Waals surface area contributed by atoms with Crippen LogP contribution in [0.15, 0.2) is 47.6 Å². The van der Waals surface area contributed by atoms with Crippen LogP contribution in [-0.2, 0) is 4.79 Å².